The number of anilines is 1. The van der Waals surface area contributed by atoms with Crippen molar-refractivity contribution in [1.29, 1.82) is 0 Å². The second-order valence-corrected chi connectivity index (χ2v) is 5.80. The molecule has 1 heterocycles. The Bertz CT molecular complexity index is 1040. The van der Waals surface area contributed by atoms with Gasteiger partial charge in [0.1, 0.15) is 5.56 Å². The number of hydrogen-bond donors (Lipinski definition) is 1. The van der Waals surface area contributed by atoms with E-state index in [1.165, 1.54) is 36.2 Å². The third-order valence-electron chi connectivity index (χ3n) is 3.99. The summed E-state index contributed by atoms with van der Waals surface area (Å²) in [6, 6.07) is 12.6. The number of nitrogens with zero attached hydrogens (tertiary/aromatic N) is 3. The predicted molar refractivity (Wildman–Crippen MR) is 100 cm³/mol. The van der Waals surface area contributed by atoms with Crippen LogP contribution in [0.5, 0.6) is 0 Å². The molecular weight excluding hydrogens is 364 g/mol. The SMILES string of the molecule is COC(=O)c1ccccc1Cn1cc(NC(=O)c2ccccc2[N+](=O)[O-])cn1. The Kier molecular flexibility index (Phi) is 5.45. The second-order valence-electron chi connectivity index (χ2n) is 5.80. The third kappa shape index (κ3) is 4.04. The first-order chi connectivity index (χ1) is 13.5. The molecule has 0 bridgehead atoms. The molecule has 1 N–H and O–H groups in total. The summed E-state index contributed by atoms with van der Waals surface area (Å²) in [6.07, 6.45) is 2.99. The number of benzene rings is 2. The highest BCUT2D eigenvalue weighted by Crippen LogP contribution is 2.19. The lowest BCUT2D eigenvalue weighted by molar-refractivity contribution is -0.385. The normalized spacial score (nSPS) is 10.3. The minimum atomic E-state index is -0.609. The number of aromatic nitrogens is 2. The number of amides is 1. The molecule has 3 rings (SSSR count). The van der Waals surface area contributed by atoms with Crippen LogP contribution < -0.4 is 5.32 Å². The first kappa shape index (κ1) is 18.8. The van der Waals surface area contributed by atoms with Crippen LogP contribution in [0.15, 0.2) is 60.9 Å². The standard InChI is InChI=1S/C19H16N4O5/c1-28-19(25)15-7-3-2-6-13(15)11-22-12-14(10-20-22)21-18(24)16-8-4-5-9-17(16)23(26)27/h2-10,12H,11H2,1H3,(H,21,24). The summed E-state index contributed by atoms with van der Waals surface area (Å²) in [6.45, 7) is 0.284. The zero-order valence-corrected chi connectivity index (χ0v) is 14.9. The molecule has 0 aliphatic heterocycles. The van der Waals surface area contributed by atoms with E-state index >= 15 is 0 Å². The highest BCUT2D eigenvalue weighted by Gasteiger charge is 2.19. The van der Waals surface area contributed by atoms with Gasteiger partial charge < -0.3 is 10.1 Å². The van der Waals surface area contributed by atoms with Crippen molar-refractivity contribution < 1.29 is 19.2 Å². The van der Waals surface area contributed by atoms with Crippen LogP contribution in [-0.2, 0) is 11.3 Å². The summed E-state index contributed by atoms with van der Waals surface area (Å²) in [5.74, 6) is -1.06. The van der Waals surface area contributed by atoms with E-state index in [2.05, 4.69) is 10.4 Å². The van der Waals surface area contributed by atoms with Crippen molar-refractivity contribution in [2.75, 3.05) is 12.4 Å². The molecule has 0 unspecified atom stereocenters. The molecule has 0 aliphatic carbocycles. The maximum atomic E-state index is 12.4. The predicted octanol–water partition coefficient (Wildman–Crippen LogP) is 2.88. The fourth-order valence-corrected chi connectivity index (χ4v) is 2.68. The number of esters is 1. The molecule has 1 amide bonds. The number of nitrogens with one attached hydrogen (secondary N) is 1. The molecule has 3 aromatic rings. The third-order valence-corrected chi connectivity index (χ3v) is 3.99. The van der Waals surface area contributed by atoms with Crippen molar-refractivity contribution in [2.45, 2.75) is 6.54 Å². The van der Waals surface area contributed by atoms with Gasteiger partial charge in [0.05, 0.1) is 36.0 Å². The van der Waals surface area contributed by atoms with Gasteiger partial charge in [0.15, 0.2) is 0 Å². The lowest BCUT2D eigenvalue weighted by atomic mass is 10.1. The first-order valence-corrected chi connectivity index (χ1v) is 8.23. The molecule has 28 heavy (non-hydrogen) atoms. The van der Waals surface area contributed by atoms with Crippen molar-refractivity contribution in [3.8, 4) is 0 Å². The number of carbonyl (C=O) groups excluding carboxylic acids is 2. The van der Waals surface area contributed by atoms with Gasteiger partial charge >= 0.3 is 5.97 Å². The van der Waals surface area contributed by atoms with E-state index in [4.69, 9.17) is 4.74 Å². The van der Waals surface area contributed by atoms with Crippen molar-refractivity contribution >= 4 is 23.3 Å². The van der Waals surface area contributed by atoms with E-state index < -0.39 is 16.8 Å². The van der Waals surface area contributed by atoms with E-state index in [1.807, 2.05) is 0 Å². The maximum absolute atomic E-state index is 12.4. The average Bonchev–Trinajstić information content (AvgIpc) is 3.14. The zero-order valence-electron chi connectivity index (χ0n) is 14.9. The second kappa shape index (κ2) is 8.12. The number of carbonyl (C=O) groups is 2. The number of nitro benzene ring substituents is 1. The monoisotopic (exact) mass is 380 g/mol. The summed E-state index contributed by atoms with van der Waals surface area (Å²) >= 11 is 0. The van der Waals surface area contributed by atoms with Crippen LogP contribution in [0.3, 0.4) is 0 Å². The van der Waals surface area contributed by atoms with Gasteiger partial charge in [0, 0.05) is 12.3 Å². The molecule has 1 aromatic heterocycles. The van der Waals surface area contributed by atoms with Gasteiger partial charge in [-0.15, -0.1) is 0 Å². The Morgan fingerprint density at radius 2 is 1.82 bits per heavy atom. The Morgan fingerprint density at radius 3 is 2.54 bits per heavy atom. The molecule has 0 aliphatic rings. The van der Waals surface area contributed by atoms with Crippen molar-refractivity contribution in [2.24, 2.45) is 0 Å². The van der Waals surface area contributed by atoms with Crippen LogP contribution in [0.1, 0.15) is 26.3 Å². The Balaban J connectivity index is 1.76. The lowest BCUT2D eigenvalue weighted by Crippen LogP contribution is -2.13. The minimum Gasteiger partial charge on any atom is -0.465 e. The molecule has 9 nitrogen and oxygen atoms in total. The highest BCUT2D eigenvalue weighted by atomic mass is 16.6. The fourth-order valence-electron chi connectivity index (χ4n) is 2.68. The number of ether oxygens (including phenoxy) is 1. The molecule has 0 saturated carbocycles. The van der Waals surface area contributed by atoms with Crippen LogP contribution in [0, 0.1) is 10.1 Å². The summed E-state index contributed by atoms with van der Waals surface area (Å²) in [7, 11) is 1.31. The molecule has 2 aromatic carbocycles. The number of para-hydroxylation sites is 1. The van der Waals surface area contributed by atoms with Crippen molar-refractivity contribution in [3.63, 3.8) is 0 Å². The summed E-state index contributed by atoms with van der Waals surface area (Å²) in [4.78, 5) is 34.7. The van der Waals surface area contributed by atoms with E-state index in [0.717, 1.165) is 0 Å². The molecular formula is C19H16N4O5. The van der Waals surface area contributed by atoms with Crippen LogP contribution in [-0.4, -0.2) is 33.7 Å². The Labute approximate surface area is 159 Å². The van der Waals surface area contributed by atoms with Crippen molar-refractivity contribution in [1.82, 2.24) is 9.78 Å². The van der Waals surface area contributed by atoms with Gasteiger partial charge in [0.25, 0.3) is 11.6 Å². The quantitative estimate of drug-likeness (QED) is 0.399. The molecule has 0 spiro atoms. The maximum Gasteiger partial charge on any atom is 0.338 e. The van der Waals surface area contributed by atoms with Crippen LogP contribution >= 0.6 is 0 Å². The fraction of sp³-hybridized carbons (Fsp3) is 0.105. The van der Waals surface area contributed by atoms with Crippen LogP contribution in [0.2, 0.25) is 0 Å². The average molecular weight is 380 g/mol. The van der Waals surface area contributed by atoms with Gasteiger partial charge in [-0.25, -0.2) is 4.79 Å². The largest absolute Gasteiger partial charge is 0.465 e. The van der Waals surface area contributed by atoms with Gasteiger partial charge in [0.2, 0.25) is 0 Å². The van der Waals surface area contributed by atoms with Crippen LogP contribution in [0.4, 0.5) is 11.4 Å². The smallest absolute Gasteiger partial charge is 0.338 e. The molecule has 0 fully saturated rings. The molecule has 0 atom stereocenters. The number of hydrogen-bond acceptors (Lipinski definition) is 6. The van der Waals surface area contributed by atoms with Crippen LogP contribution in [0.25, 0.3) is 0 Å². The molecule has 0 saturated heterocycles. The molecule has 9 heteroatoms. The minimum absolute atomic E-state index is 0.0451. The molecule has 0 radical (unpaired) electrons. The van der Waals surface area contributed by atoms with Gasteiger partial charge in [-0.05, 0) is 17.7 Å². The topological polar surface area (TPSA) is 116 Å². The van der Waals surface area contributed by atoms with E-state index in [1.54, 1.807) is 36.5 Å². The van der Waals surface area contributed by atoms with Crippen molar-refractivity contribution in [3.05, 3.63) is 87.7 Å². The summed E-state index contributed by atoms with van der Waals surface area (Å²) < 4.78 is 6.31. The zero-order chi connectivity index (χ0) is 20.1. The molecule has 142 valence electrons. The Morgan fingerprint density at radius 1 is 1.14 bits per heavy atom. The van der Waals surface area contributed by atoms with Gasteiger partial charge in [-0.2, -0.15) is 5.10 Å². The number of methoxy groups -OCH3 is 1. The van der Waals surface area contributed by atoms with E-state index in [-0.39, 0.29) is 17.8 Å². The summed E-state index contributed by atoms with van der Waals surface area (Å²) in [5.41, 5.74) is 1.18. The Hall–Kier alpha value is -4.01. The summed E-state index contributed by atoms with van der Waals surface area (Å²) in [5, 5.41) is 17.8. The highest BCUT2D eigenvalue weighted by molar-refractivity contribution is 6.06. The number of nitro groups is 1. The first-order valence-electron chi connectivity index (χ1n) is 8.23. The number of rotatable bonds is 6. The van der Waals surface area contributed by atoms with E-state index in [9.17, 15) is 19.7 Å². The van der Waals surface area contributed by atoms with Gasteiger partial charge in [-0.3, -0.25) is 19.6 Å². The van der Waals surface area contributed by atoms with E-state index in [0.29, 0.717) is 16.8 Å². The lowest BCUT2D eigenvalue weighted by Gasteiger charge is -2.07. The van der Waals surface area contributed by atoms with Gasteiger partial charge in [-0.1, -0.05) is 30.3 Å².